The van der Waals surface area contributed by atoms with E-state index >= 15 is 0 Å². The van der Waals surface area contributed by atoms with Crippen LogP contribution in [0.4, 0.5) is 15.5 Å². The fourth-order valence-corrected chi connectivity index (χ4v) is 7.39. The van der Waals surface area contributed by atoms with Crippen LogP contribution in [0.5, 0.6) is 0 Å². The number of nitrogens with one attached hydrogen (secondary N) is 1. The number of aromatic nitrogens is 4. The Balaban J connectivity index is 1.51. The molecule has 13 heteroatoms. The molecule has 53 heavy (non-hydrogen) atoms. The van der Waals surface area contributed by atoms with Crippen molar-refractivity contribution >= 4 is 39.9 Å². The van der Waals surface area contributed by atoms with E-state index in [9.17, 15) is 24.6 Å². The third-order valence-electron chi connectivity index (χ3n) is 10.6. The minimum absolute atomic E-state index is 0.0603. The van der Waals surface area contributed by atoms with Gasteiger partial charge in [0.1, 0.15) is 11.1 Å². The highest BCUT2D eigenvalue weighted by molar-refractivity contribution is 5.97. The Bertz CT molecular complexity index is 2270. The number of ether oxygens (including phenoxy) is 1. The summed E-state index contributed by atoms with van der Waals surface area (Å²) in [5.41, 5.74) is 2.63. The van der Waals surface area contributed by atoms with Crippen LogP contribution in [0.2, 0.25) is 0 Å². The maximum Gasteiger partial charge on any atom is 0.407 e. The van der Waals surface area contributed by atoms with Crippen LogP contribution in [0, 0.1) is 18.3 Å². The number of terminal acetylenes is 1. The number of hydrogen-bond acceptors (Lipinski definition) is 7. The second-order valence-electron chi connectivity index (χ2n) is 14.2. The molecule has 2 unspecified atom stereocenters. The van der Waals surface area contributed by atoms with Gasteiger partial charge in [-0.2, -0.15) is 0 Å². The molecular weight excluding hydrogens is 674 g/mol. The number of amides is 2. The molecule has 2 fully saturated rings. The molecule has 274 valence electrons. The largest absolute Gasteiger partial charge is 0.465 e. The van der Waals surface area contributed by atoms with E-state index in [1.165, 1.54) is 14.1 Å². The Morgan fingerprint density at radius 3 is 2.43 bits per heavy atom. The third-order valence-corrected chi connectivity index (χ3v) is 10.6. The van der Waals surface area contributed by atoms with Crippen LogP contribution in [0.25, 0.3) is 32.9 Å². The number of aromatic amines is 1. The Labute approximate surface area is 306 Å². The minimum Gasteiger partial charge on any atom is -0.465 e. The van der Waals surface area contributed by atoms with Gasteiger partial charge in [-0.1, -0.05) is 36.4 Å². The lowest BCUT2D eigenvalue weighted by atomic mass is 9.81. The number of pyridine rings is 1. The maximum absolute atomic E-state index is 13.0. The average Bonchev–Trinajstić information content (AvgIpc) is 3.85. The number of fused-ring (bicyclic) bond motifs is 2. The highest BCUT2D eigenvalue weighted by atomic mass is 16.5. The number of carbonyl (C=O) groups is 2. The van der Waals surface area contributed by atoms with E-state index in [1.807, 2.05) is 60.8 Å². The van der Waals surface area contributed by atoms with Crippen molar-refractivity contribution in [3.63, 3.8) is 0 Å². The van der Waals surface area contributed by atoms with E-state index in [0.717, 1.165) is 57.6 Å². The van der Waals surface area contributed by atoms with Gasteiger partial charge in [-0.3, -0.25) is 4.79 Å². The molecule has 3 aromatic heterocycles. The smallest absolute Gasteiger partial charge is 0.407 e. The van der Waals surface area contributed by atoms with Crippen LogP contribution in [-0.2, 0) is 17.4 Å². The fraction of sp³-hybridized carbons (Fsp3) is 0.375. The predicted octanol–water partition coefficient (Wildman–Crippen LogP) is 5.73. The minimum atomic E-state index is -1.34. The first-order valence-electron chi connectivity index (χ1n) is 17.8. The van der Waals surface area contributed by atoms with Crippen LogP contribution >= 0.6 is 0 Å². The zero-order chi connectivity index (χ0) is 37.4. The lowest BCUT2D eigenvalue weighted by Crippen LogP contribution is -2.50. The van der Waals surface area contributed by atoms with Gasteiger partial charge in [0.05, 0.1) is 23.4 Å². The fourth-order valence-electron chi connectivity index (χ4n) is 7.39. The molecule has 2 atom stereocenters. The normalized spacial score (nSPS) is 16.6. The van der Waals surface area contributed by atoms with Crippen LogP contribution < -0.4 is 10.5 Å². The topological polar surface area (TPSA) is 157 Å². The second kappa shape index (κ2) is 14.3. The van der Waals surface area contributed by atoms with E-state index in [2.05, 4.69) is 15.8 Å². The number of carboxylic acid groups (broad SMARTS) is 2. The van der Waals surface area contributed by atoms with Crippen LogP contribution in [0.1, 0.15) is 43.4 Å². The Morgan fingerprint density at radius 1 is 1.04 bits per heavy atom. The van der Waals surface area contributed by atoms with Crippen molar-refractivity contribution in [3.8, 4) is 23.5 Å². The summed E-state index contributed by atoms with van der Waals surface area (Å²) in [6.45, 7) is 1.22. The quantitative estimate of drug-likeness (QED) is 0.145. The molecule has 1 aliphatic carbocycles. The van der Waals surface area contributed by atoms with Crippen LogP contribution in [-0.4, -0.2) is 97.6 Å². The highest BCUT2D eigenvalue weighted by Gasteiger charge is 2.47. The third kappa shape index (κ3) is 6.90. The van der Waals surface area contributed by atoms with Gasteiger partial charge in [0.25, 0.3) is 5.56 Å². The van der Waals surface area contributed by atoms with Gasteiger partial charge in [-0.05, 0) is 55.0 Å². The molecule has 2 aromatic carbocycles. The maximum atomic E-state index is 13.0. The molecule has 1 saturated carbocycles. The van der Waals surface area contributed by atoms with Crippen molar-refractivity contribution in [1.82, 2.24) is 29.3 Å². The number of H-pyrrole nitrogens is 1. The molecular formula is C40H43N7O6. The van der Waals surface area contributed by atoms with Gasteiger partial charge >= 0.3 is 12.2 Å². The summed E-state index contributed by atoms with van der Waals surface area (Å²) in [4.78, 5) is 55.6. The van der Waals surface area contributed by atoms with Crippen LogP contribution in [0.3, 0.4) is 0 Å². The van der Waals surface area contributed by atoms with Crippen molar-refractivity contribution in [2.45, 2.75) is 49.9 Å². The molecule has 7 rings (SSSR count). The molecule has 2 amide bonds. The average molecular weight is 718 g/mol. The summed E-state index contributed by atoms with van der Waals surface area (Å²) in [6, 6.07) is 16.6. The predicted molar refractivity (Wildman–Crippen MR) is 202 cm³/mol. The van der Waals surface area contributed by atoms with Gasteiger partial charge in [0.15, 0.2) is 0 Å². The van der Waals surface area contributed by atoms with E-state index in [4.69, 9.17) is 21.1 Å². The SMILES string of the molecule is C#CC1CCN(c2nc(C(CC(CN(C)C(=O)O)N(C)C(=O)O)(OC3CC3)c3ccccc3)c3cc(-c4cn(C)c(=O)c5[nH]ccc45)ccc3n2)CC1. The summed E-state index contributed by atoms with van der Waals surface area (Å²) in [5.74, 6) is 3.56. The molecule has 0 radical (unpaired) electrons. The van der Waals surface area contributed by atoms with Gasteiger partial charge < -0.3 is 39.2 Å². The Hall–Kier alpha value is -5.87. The van der Waals surface area contributed by atoms with Gasteiger partial charge in [-0.25, -0.2) is 19.6 Å². The first kappa shape index (κ1) is 35.5. The van der Waals surface area contributed by atoms with E-state index in [1.54, 1.807) is 17.8 Å². The molecule has 0 spiro atoms. The first-order valence-corrected chi connectivity index (χ1v) is 17.8. The van der Waals surface area contributed by atoms with Crippen molar-refractivity contribution < 1.29 is 24.5 Å². The Kier molecular flexibility index (Phi) is 9.57. The lowest BCUT2D eigenvalue weighted by molar-refractivity contribution is -0.0536. The van der Waals surface area contributed by atoms with Crippen molar-refractivity contribution in [2.24, 2.45) is 13.0 Å². The number of piperidine rings is 1. The number of likely N-dealkylation sites (N-methyl/N-ethyl adjacent to an activating group) is 2. The number of rotatable bonds is 11. The summed E-state index contributed by atoms with van der Waals surface area (Å²) < 4.78 is 8.73. The highest BCUT2D eigenvalue weighted by Crippen LogP contribution is 2.46. The zero-order valence-corrected chi connectivity index (χ0v) is 30.0. The van der Waals surface area contributed by atoms with Gasteiger partial charge in [0, 0.05) is 81.8 Å². The Morgan fingerprint density at radius 2 is 1.77 bits per heavy atom. The molecule has 0 bridgehead atoms. The standard InChI is InChI=1S/C40H43N7O6/c1-5-25-16-19-47(20-17-25)37-42-33-14-11-26(32-24-44(2)36(48)34-30(32)15-18-41-34)21-31(33)35(43-37)40(53-29-12-13-29,27-9-7-6-8-10-27)22-28(46(4)39(51)52)23-45(3)38(49)50/h1,6-11,14-15,18,21,24-25,28-29,41H,12-13,16-17,19-20,22-23H2,2-4H3,(H,49,50)(H,51,52). The number of hydrogen-bond donors (Lipinski definition) is 3. The van der Waals surface area contributed by atoms with Gasteiger partial charge in [-0.15, -0.1) is 12.3 Å². The second-order valence-corrected chi connectivity index (χ2v) is 14.2. The van der Waals surface area contributed by atoms with Crippen molar-refractivity contribution in [2.75, 3.05) is 38.6 Å². The monoisotopic (exact) mass is 717 g/mol. The summed E-state index contributed by atoms with van der Waals surface area (Å²) in [7, 11) is 4.60. The zero-order valence-electron chi connectivity index (χ0n) is 30.0. The lowest BCUT2D eigenvalue weighted by Gasteiger charge is -2.41. The van der Waals surface area contributed by atoms with Crippen molar-refractivity contribution in [3.05, 3.63) is 88.6 Å². The van der Waals surface area contributed by atoms with Crippen molar-refractivity contribution in [1.29, 1.82) is 0 Å². The van der Waals surface area contributed by atoms with Gasteiger partial charge in [0.2, 0.25) is 5.95 Å². The molecule has 1 aliphatic heterocycles. The number of benzene rings is 2. The molecule has 3 N–H and O–H groups in total. The molecule has 2 aliphatic rings. The van der Waals surface area contributed by atoms with E-state index in [0.29, 0.717) is 41.2 Å². The summed E-state index contributed by atoms with van der Waals surface area (Å²) in [5, 5.41) is 21.6. The number of anilines is 1. The molecule has 1 saturated heterocycles. The molecule has 13 nitrogen and oxygen atoms in total. The summed E-state index contributed by atoms with van der Waals surface area (Å²) in [6.07, 6.45) is 10.1. The number of nitrogens with zero attached hydrogens (tertiary/aromatic N) is 6. The van der Waals surface area contributed by atoms with E-state index < -0.39 is 23.8 Å². The van der Waals surface area contributed by atoms with E-state index in [-0.39, 0.29) is 30.5 Å². The molecule has 4 heterocycles. The molecule has 5 aromatic rings. The first-order chi connectivity index (χ1) is 25.5. The number of aryl methyl sites for hydroxylation is 1. The summed E-state index contributed by atoms with van der Waals surface area (Å²) >= 11 is 0. The van der Waals surface area contributed by atoms with Crippen LogP contribution in [0.15, 0.2) is 71.8 Å².